The van der Waals surface area contributed by atoms with Crippen LogP contribution in [-0.4, -0.2) is 25.3 Å². The summed E-state index contributed by atoms with van der Waals surface area (Å²) in [5.74, 6) is 0. The largest absolute Gasteiger partial charge is 0.244 e. The number of nitrogens with zero attached hydrogens (tertiary/aromatic N) is 3. The van der Waals surface area contributed by atoms with Crippen LogP contribution in [-0.2, 0) is 10.0 Å². The fraction of sp³-hybridized carbons (Fsp3) is 0.385. The lowest BCUT2D eigenvalue weighted by Gasteiger charge is -2.24. The van der Waals surface area contributed by atoms with E-state index in [2.05, 4.69) is 0 Å². The minimum Gasteiger partial charge on any atom is -0.207 e. The Bertz CT molecular complexity index is 651. The van der Waals surface area contributed by atoms with Crippen LogP contribution in [0.25, 0.3) is 0 Å². The van der Waals surface area contributed by atoms with Gasteiger partial charge in [0.2, 0.25) is 10.0 Å². The predicted octanol–water partition coefficient (Wildman–Crippen LogP) is 1.79. The van der Waals surface area contributed by atoms with Gasteiger partial charge in [-0.05, 0) is 38.5 Å². The third-order valence-electron chi connectivity index (χ3n) is 2.71. The molecule has 0 aliphatic heterocycles. The maximum Gasteiger partial charge on any atom is 0.244 e. The van der Waals surface area contributed by atoms with Gasteiger partial charge in [-0.25, -0.2) is 8.42 Å². The van der Waals surface area contributed by atoms with Gasteiger partial charge in [0.05, 0.1) is 22.6 Å². The highest BCUT2D eigenvalue weighted by Crippen LogP contribution is 2.22. The summed E-state index contributed by atoms with van der Waals surface area (Å²) in [7, 11) is -3.77. The maximum absolute atomic E-state index is 12.5. The molecule has 0 atom stereocenters. The summed E-state index contributed by atoms with van der Waals surface area (Å²) in [6.45, 7) is 4.87. The van der Waals surface area contributed by atoms with E-state index in [0.717, 1.165) is 4.31 Å². The Morgan fingerprint density at radius 3 is 2.42 bits per heavy atom. The Morgan fingerprint density at radius 2 is 1.95 bits per heavy atom. The van der Waals surface area contributed by atoms with Crippen LogP contribution in [0.1, 0.15) is 25.0 Å². The SMILES string of the molecule is Cc1ccc(C#N)cc1S(=O)(=O)N(CC#N)C(C)C. The van der Waals surface area contributed by atoms with Crippen LogP contribution in [0.2, 0.25) is 0 Å². The highest BCUT2D eigenvalue weighted by molar-refractivity contribution is 7.89. The third-order valence-corrected chi connectivity index (χ3v) is 4.87. The average molecular weight is 277 g/mol. The Hall–Kier alpha value is -1.89. The van der Waals surface area contributed by atoms with Gasteiger partial charge in [-0.15, -0.1) is 0 Å². The smallest absolute Gasteiger partial charge is 0.207 e. The zero-order valence-electron chi connectivity index (χ0n) is 11.1. The van der Waals surface area contributed by atoms with Crippen molar-refractivity contribution >= 4 is 10.0 Å². The van der Waals surface area contributed by atoms with Crippen molar-refractivity contribution in [2.45, 2.75) is 31.7 Å². The number of nitriles is 2. The molecule has 5 nitrogen and oxygen atoms in total. The standard InChI is InChI=1S/C13H15N3O2S/c1-10(2)16(7-6-14)19(17,18)13-8-12(9-15)5-4-11(13)3/h4-5,8,10H,7H2,1-3H3. The van der Waals surface area contributed by atoms with E-state index >= 15 is 0 Å². The predicted molar refractivity (Wildman–Crippen MR) is 70.5 cm³/mol. The number of aryl methyl sites for hydroxylation is 1. The molecule has 0 unspecified atom stereocenters. The molecule has 0 aliphatic rings. The number of rotatable bonds is 4. The Morgan fingerprint density at radius 1 is 1.32 bits per heavy atom. The van der Waals surface area contributed by atoms with E-state index < -0.39 is 10.0 Å². The van der Waals surface area contributed by atoms with Gasteiger partial charge in [-0.3, -0.25) is 0 Å². The van der Waals surface area contributed by atoms with Crippen molar-refractivity contribution in [3.05, 3.63) is 29.3 Å². The molecule has 0 heterocycles. The second-order valence-corrected chi connectivity index (χ2v) is 6.25. The highest BCUT2D eigenvalue weighted by atomic mass is 32.2. The molecular formula is C13H15N3O2S. The molecule has 0 aromatic heterocycles. The lowest BCUT2D eigenvalue weighted by molar-refractivity contribution is 0.385. The van der Waals surface area contributed by atoms with E-state index in [1.807, 2.05) is 12.1 Å². The normalized spacial score (nSPS) is 11.3. The lowest BCUT2D eigenvalue weighted by atomic mass is 10.2. The molecule has 0 fully saturated rings. The molecule has 0 aliphatic carbocycles. The first kappa shape index (κ1) is 15.2. The summed E-state index contributed by atoms with van der Waals surface area (Å²) in [5, 5.41) is 17.6. The number of hydrogen-bond donors (Lipinski definition) is 0. The second kappa shape index (κ2) is 5.83. The second-order valence-electron chi connectivity index (χ2n) is 4.39. The summed E-state index contributed by atoms with van der Waals surface area (Å²) >= 11 is 0. The van der Waals surface area contributed by atoms with Crippen molar-refractivity contribution in [3.8, 4) is 12.1 Å². The van der Waals surface area contributed by atoms with E-state index in [1.54, 1.807) is 32.9 Å². The van der Waals surface area contributed by atoms with Gasteiger partial charge < -0.3 is 0 Å². The van der Waals surface area contributed by atoms with Gasteiger partial charge in [-0.1, -0.05) is 6.07 Å². The summed E-state index contributed by atoms with van der Waals surface area (Å²) < 4.78 is 26.2. The summed E-state index contributed by atoms with van der Waals surface area (Å²) in [6.07, 6.45) is 0. The summed E-state index contributed by atoms with van der Waals surface area (Å²) in [5.41, 5.74) is 0.840. The monoisotopic (exact) mass is 277 g/mol. The van der Waals surface area contributed by atoms with E-state index in [4.69, 9.17) is 10.5 Å². The van der Waals surface area contributed by atoms with Gasteiger partial charge in [-0.2, -0.15) is 14.8 Å². The van der Waals surface area contributed by atoms with Crippen molar-refractivity contribution in [3.63, 3.8) is 0 Å². The molecule has 0 spiro atoms. The minimum absolute atomic E-state index is 0.0792. The zero-order chi connectivity index (χ0) is 14.6. The lowest BCUT2D eigenvalue weighted by Crippen LogP contribution is -2.37. The topological polar surface area (TPSA) is 85.0 Å². The molecule has 0 saturated heterocycles. The van der Waals surface area contributed by atoms with Gasteiger partial charge in [0, 0.05) is 6.04 Å². The van der Waals surface area contributed by atoms with Crippen LogP contribution in [0.3, 0.4) is 0 Å². The Labute approximate surface area is 113 Å². The van der Waals surface area contributed by atoms with Crippen molar-refractivity contribution in [2.75, 3.05) is 6.54 Å². The van der Waals surface area contributed by atoms with Crippen molar-refractivity contribution in [1.82, 2.24) is 4.31 Å². The third kappa shape index (κ3) is 3.11. The van der Waals surface area contributed by atoms with Crippen LogP contribution in [0.4, 0.5) is 0 Å². The van der Waals surface area contributed by atoms with Gasteiger partial charge >= 0.3 is 0 Å². The first-order valence-corrected chi connectivity index (χ1v) is 7.18. The highest BCUT2D eigenvalue weighted by Gasteiger charge is 2.28. The molecule has 100 valence electrons. The van der Waals surface area contributed by atoms with Crippen molar-refractivity contribution in [1.29, 1.82) is 10.5 Å². The molecule has 0 bridgehead atoms. The van der Waals surface area contributed by atoms with Crippen molar-refractivity contribution in [2.24, 2.45) is 0 Å². The quantitative estimate of drug-likeness (QED) is 0.785. The van der Waals surface area contributed by atoms with E-state index in [1.165, 1.54) is 6.07 Å². The van der Waals surface area contributed by atoms with Crippen LogP contribution >= 0.6 is 0 Å². The molecule has 6 heteroatoms. The molecule has 0 saturated carbocycles. The first-order chi connectivity index (χ1) is 8.84. The van der Waals surface area contributed by atoms with Crippen LogP contribution in [0.5, 0.6) is 0 Å². The number of benzene rings is 1. The zero-order valence-corrected chi connectivity index (χ0v) is 11.9. The van der Waals surface area contributed by atoms with Crippen LogP contribution in [0.15, 0.2) is 23.1 Å². The molecule has 1 aromatic carbocycles. The average Bonchev–Trinajstić information content (AvgIpc) is 2.35. The molecule has 1 rings (SSSR count). The summed E-state index contributed by atoms with van der Waals surface area (Å²) in [6, 6.07) is 7.96. The maximum atomic E-state index is 12.5. The summed E-state index contributed by atoms with van der Waals surface area (Å²) in [4.78, 5) is 0.0792. The van der Waals surface area contributed by atoms with Gasteiger partial charge in [0.15, 0.2) is 0 Å². The van der Waals surface area contributed by atoms with Gasteiger partial charge in [0.1, 0.15) is 6.54 Å². The van der Waals surface area contributed by atoms with E-state index in [0.29, 0.717) is 5.56 Å². The van der Waals surface area contributed by atoms with Gasteiger partial charge in [0.25, 0.3) is 0 Å². The Balaban J connectivity index is 3.42. The van der Waals surface area contributed by atoms with Crippen molar-refractivity contribution < 1.29 is 8.42 Å². The molecule has 1 aromatic rings. The molecule has 0 amide bonds. The molecule has 0 radical (unpaired) electrons. The number of hydrogen-bond acceptors (Lipinski definition) is 4. The number of sulfonamides is 1. The molecule has 19 heavy (non-hydrogen) atoms. The fourth-order valence-corrected chi connectivity index (χ4v) is 3.47. The minimum atomic E-state index is -3.77. The molecular weight excluding hydrogens is 262 g/mol. The Kier molecular flexibility index (Phi) is 4.66. The van der Waals surface area contributed by atoms with E-state index in [-0.39, 0.29) is 23.0 Å². The van der Waals surface area contributed by atoms with E-state index in [9.17, 15) is 8.42 Å². The van der Waals surface area contributed by atoms with Crippen LogP contribution in [0, 0.1) is 29.6 Å². The fourth-order valence-electron chi connectivity index (χ4n) is 1.69. The first-order valence-electron chi connectivity index (χ1n) is 5.74. The van der Waals surface area contributed by atoms with Crippen LogP contribution < -0.4 is 0 Å². The molecule has 0 N–H and O–H groups in total.